The first-order valence-electron chi connectivity index (χ1n) is 5.12. The number of H-pyrrole nitrogens is 1. The molecule has 1 heterocycles. The van der Waals surface area contributed by atoms with E-state index in [0.717, 1.165) is 17.2 Å². The summed E-state index contributed by atoms with van der Waals surface area (Å²) < 4.78 is 1.22. The molecule has 2 N–H and O–H groups in total. The first-order valence-corrected chi connectivity index (χ1v) is 5.12. The zero-order valence-corrected chi connectivity index (χ0v) is 9.52. The van der Waals surface area contributed by atoms with E-state index in [9.17, 15) is 9.59 Å². The smallest absolute Gasteiger partial charge is 0.353 e. The van der Waals surface area contributed by atoms with Gasteiger partial charge in [-0.2, -0.15) is 0 Å². The van der Waals surface area contributed by atoms with Gasteiger partial charge in [-0.3, -0.25) is 9.89 Å². The van der Waals surface area contributed by atoms with E-state index >= 15 is 0 Å². The van der Waals surface area contributed by atoms with Crippen molar-refractivity contribution in [1.82, 2.24) is 9.78 Å². The minimum Gasteiger partial charge on any atom is -0.477 e. The van der Waals surface area contributed by atoms with Crippen LogP contribution in [0.2, 0.25) is 0 Å². The SMILES string of the molecule is Cc1ccc(-n2[nH]c(C(=O)O)cc2=O)cc1C. The number of nitrogens with zero attached hydrogens (tertiary/aromatic N) is 1. The van der Waals surface area contributed by atoms with Gasteiger partial charge in [-0.15, -0.1) is 0 Å². The average Bonchev–Trinajstić information content (AvgIpc) is 2.65. The van der Waals surface area contributed by atoms with Gasteiger partial charge in [0.2, 0.25) is 0 Å². The lowest BCUT2D eigenvalue weighted by atomic mass is 10.1. The van der Waals surface area contributed by atoms with Crippen molar-refractivity contribution in [2.24, 2.45) is 0 Å². The topological polar surface area (TPSA) is 75.1 Å². The second-order valence-electron chi connectivity index (χ2n) is 3.92. The maximum Gasteiger partial charge on any atom is 0.353 e. The van der Waals surface area contributed by atoms with Crippen molar-refractivity contribution in [3.63, 3.8) is 0 Å². The molecular weight excluding hydrogens is 220 g/mol. The first kappa shape index (κ1) is 11.2. The second-order valence-corrected chi connectivity index (χ2v) is 3.92. The average molecular weight is 232 g/mol. The summed E-state index contributed by atoms with van der Waals surface area (Å²) in [6.45, 7) is 3.91. The molecule has 0 amide bonds. The number of benzene rings is 1. The molecule has 5 nitrogen and oxygen atoms in total. The van der Waals surface area contributed by atoms with E-state index in [0.29, 0.717) is 5.69 Å². The highest BCUT2D eigenvalue weighted by Crippen LogP contribution is 2.12. The van der Waals surface area contributed by atoms with Crippen LogP contribution in [0, 0.1) is 13.8 Å². The molecule has 0 fully saturated rings. The molecular formula is C12H12N2O3. The molecule has 0 saturated carbocycles. The maximum atomic E-state index is 11.6. The molecule has 0 spiro atoms. The Kier molecular flexibility index (Phi) is 2.59. The van der Waals surface area contributed by atoms with Crippen LogP contribution in [0.15, 0.2) is 29.1 Å². The van der Waals surface area contributed by atoms with E-state index in [1.807, 2.05) is 26.0 Å². The first-order chi connectivity index (χ1) is 7.99. The van der Waals surface area contributed by atoms with E-state index in [1.54, 1.807) is 6.07 Å². The molecule has 0 aliphatic heterocycles. The molecule has 0 atom stereocenters. The molecule has 0 unspecified atom stereocenters. The van der Waals surface area contributed by atoms with E-state index in [1.165, 1.54) is 4.68 Å². The van der Waals surface area contributed by atoms with Crippen molar-refractivity contribution in [2.45, 2.75) is 13.8 Å². The van der Waals surface area contributed by atoms with Gasteiger partial charge in [0.05, 0.1) is 5.69 Å². The molecule has 1 aromatic carbocycles. The molecule has 2 aromatic rings. The Morgan fingerprint density at radius 1 is 1.24 bits per heavy atom. The summed E-state index contributed by atoms with van der Waals surface area (Å²) in [6, 6.07) is 6.56. The zero-order chi connectivity index (χ0) is 12.6. The van der Waals surface area contributed by atoms with E-state index in [2.05, 4.69) is 5.10 Å². The van der Waals surface area contributed by atoms with Crippen LogP contribution in [-0.4, -0.2) is 20.9 Å². The van der Waals surface area contributed by atoms with Crippen LogP contribution in [0.1, 0.15) is 21.6 Å². The fourth-order valence-electron chi connectivity index (χ4n) is 1.56. The highest BCUT2D eigenvalue weighted by Gasteiger charge is 2.10. The van der Waals surface area contributed by atoms with Gasteiger partial charge in [0.1, 0.15) is 5.69 Å². The Morgan fingerprint density at radius 2 is 1.94 bits per heavy atom. The van der Waals surface area contributed by atoms with Gasteiger partial charge >= 0.3 is 5.97 Å². The summed E-state index contributed by atoms with van der Waals surface area (Å²) in [4.78, 5) is 22.3. The molecule has 0 radical (unpaired) electrons. The third-order valence-corrected chi connectivity index (χ3v) is 2.70. The van der Waals surface area contributed by atoms with Crippen LogP contribution in [0.3, 0.4) is 0 Å². The summed E-state index contributed by atoms with van der Waals surface area (Å²) in [5, 5.41) is 11.3. The van der Waals surface area contributed by atoms with Gasteiger partial charge in [0.25, 0.3) is 5.56 Å². The van der Waals surface area contributed by atoms with Crippen molar-refractivity contribution in [1.29, 1.82) is 0 Å². The quantitative estimate of drug-likeness (QED) is 0.823. The lowest BCUT2D eigenvalue weighted by molar-refractivity contribution is 0.0690. The highest BCUT2D eigenvalue weighted by atomic mass is 16.4. The lowest BCUT2D eigenvalue weighted by Gasteiger charge is -2.05. The summed E-state index contributed by atoms with van der Waals surface area (Å²) in [5.41, 5.74) is 2.29. The van der Waals surface area contributed by atoms with Crippen LogP contribution in [0.4, 0.5) is 0 Å². The Balaban J connectivity index is 2.56. The molecule has 2 rings (SSSR count). The number of hydrogen-bond acceptors (Lipinski definition) is 2. The van der Waals surface area contributed by atoms with Crippen LogP contribution < -0.4 is 5.56 Å². The molecule has 88 valence electrons. The monoisotopic (exact) mass is 232 g/mol. The Hall–Kier alpha value is -2.30. The summed E-state index contributed by atoms with van der Waals surface area (Å²) in [5.74, 6) is -1.15. The minimum atomic E-state index is -1.15. The van der Waals surface area contributed by atoms with Crippen molar-refractivity contribution < 1.29 is 9.90 Å². The number of aromatic carboxylic acids is 1. The van der Waals surface area contributed by atoms with Gasteiger partial charge in [-0.1, -0.05) is 6.07 Å². The van der Waals surface area contributed by atoms with E-state index in [-0.39, 0.29) is 11.3 Å². The Morgan fingerprint density at radius 3 is 2.47 bits per heavy atom. The third-order valence-electron chi connectivity index (χ3n) is 2.70. The van der Waals surface area contributed by atoms with Crippen molar-refractivity contribution in [3.8, 4) is 5.69 Å². The van der Waals surface area contributed by atoms with Gasteiger partial charge < -0.3 is 5.11 Å². The molecule has 17 heavy (non-hydrogen) atoms. The summed E-state index contributed by atoms with van der Waals surface area (Å²) in [7, 11) is 0. The minimum absolute atomic E-state index is 0.117. The molecule has 5 heteroatoms. The Labute approximate surface area is 97.3 Å². The molecule has 0 saturated heterocycles. The fraction of sp³-hybridized carbons (Fsp3) is 0.167. The fourth-order valence-corrected chi connectivity index (χ4v) is 1.56. The number of aryl methyl sites for hydroxylation is 2. The molecule has 0 bridgehead atoms. The second kappa shape index (κ2) is 3.93. The predicted molar refractivity (Wildman–Crippen MR) is 62.8 cm³/mol. The molecule has 1 aromatic heterocycles. The number of carboxylic acid groups (broad SMARTS) is 1. The van der Waals surface area contributed by atoms with E-state index in [4.69, 9.17) is 5.11 Å². The number of hydrogen-bond donors (Lipinski definition) is 2. The van der Waals surface area contributed by atoms with Crippen LogP contribution >= 0.6 is 0 Å². The standard InChI is InChI=1S/C12H12N2O3/c1-7-3-4-9(5-8(7)2)14-11(15)6-10(13-14)12(16)17/h3-6,13H,1-2H3,(H,16,17). The number of carbonyl (C=O) groups is 1. The number of aromatic nitrogens is 2. The Bertz CT molecular complexity index is 637. The normalized spacial score (nSPS) is 10.5. The number of rotatable bonds is 2. The van der Waals surface area contributed by atoms with Crippen molar-refractivity contribution in [2.75, 3.05) is 0 Å². The number of aromatic amines is 1. The van der Waals surface area contributed by atoms with Crippen LogP contribution in [-0.2, 0) is 0 Å². The van der Waals surface area contributed by atoms with Gasteiger partial charge in [0, 0.05) is 6.07 Å². The van der Waals surface area contributed by atoms with Crippen molar-refractivity contribution in [3.05, 3.63) is 51.4 Å². The van der Waals surface area contributed by atoms with E-state index < -0.39 is 5.97 Å². The third kappa shape index (κ3) is 1.99. The largest absolute Gasteiger partial charge is 0.477 e. The van der Waals surface area contributed by atoms with Crippen LogP contribution in [0.25, 0.3) is 5.69 Å². The lowest BCUT2D eigenvalue weighted by Crippen LogP contribution is -2.13. The zero-order valence-electron chi connectivity index (χ0n) is 9.52. The highest BCUT2D eigenvalue weighted by molar-refractivity contribution is 5.85. The van der Waals surface area contributed by atoms with Crippen LogP contribution in [0.5, 0.6) is 0 Å². The number of nitrogens with one attached hydrogen (secondary N) is 1. The number of carboxylic acids is 1. The van der Waals surface area contributed by atoms with Gasteiger partial charge in [-0.25, -0.2) is 9.48 Å². The van der Waals surface area contributed by atoms with Crippen molar-refractivity contribution >= 4 is 5.97 Å². The predicted octanol–water partition coefficient (Wildman–Crippen LogP) is 1.48. The van der Waals surface area contributed by atoms with Gasteiger partial charge in [0.15, 0.2) is 0 Å². The maximum absolute atomic E-state index is 11.6. The summed E-state index contributed by atoms with van der Waals surface area (Å²) in [6.07, 6.45) is 0. The summed E-state index contributed by atoms with van der Waals surface area (Å²) >= 11 is 0. The van der Waals surface area contributed by atoms with Gasteiger partial charge in [-0.05, 0) is 37.1 Å². The molecule has 0 aliphatic carbocycles. The molecule has 0 aliphatic rings.